The first kappa shape index (κ1) is 12.4. The van der Waals surface area contributed by atoms with E-state index < -0.39 is 5.60 Å². The Bertz CT molecular complexity index is 215. The van der Waals surface area contributed by atoms with Gasteiger partial charge < -0.3 is 10.4 Å². The Morgan fingerprint density at radius 3 is 2.38 bits per heavy atom. The van der Waals surface area contributed by atoms with Crippen molar-refractivity contribution in [2.24, 2.45) is 11.8 Å². The molecule has 0 aromatic heterocycles. The second kappa shape index (κ2) is 5.05. The van der Waals surface area contributed by atoms with Crippen molar-refractivity contribution in [2.75, 3.05) is 6.54 Å². The minimum absolute atomic E-state index is 0.398. The van der Waals surface area contributed by atoms with Gasteiger partial charge in [-0.25, -0.2) is 0 Å². The predicted molar refractivity (Wildman–Crippen MR) is 67.4 cm³/mol. The lowest BCUT2D eigenvalue weighted by Gasteiger charge is -2.40. The van der Waals surface area contributed by atoms with Crippen LogP contribution in [0.2, 0.25) is 0 Å². The number of hydrogen-bond acceptors (Lipinski definition) is 2. The van der Waals surface area contributed by atoms with Crippen LogP contribution in [-0.2, 0) is 0 Å². The van der Waals surface area contributed by atoms with Gasteiger partial charge in [0.1, 0.15) is 0 Å². The van der Waals surface area contributed by atoms with Crippen molar-refractivity contribution < 1.29 is 5.11 Å². The van der Waals surface area contributed by atoms with Crippen LogP contribution < -0.4 is 5.32 Å². The summed E-state index contributed by atoms with van der Waals surface area (Å²) in [6, 6.07) is 0.683. The highest BCUT2D eigenvalue weighted by atomic mass is 16.3. The van der Waals surface area contributed by atoms with E-state index in [-0.39, 0.29) is 0 Å². The Kier molecular flexibility index (Phi) is 3.91. The molecule has 0 aromatic rings. The Hall–Kier alpha value is -0.0800. The van der Waals surface area contributed by atoms with E-state index in [4.69, 9.17) is 0 Å². The van der Waals surface area contributed by atoms with Gasteiger partial charge in [-0.2, -0.15) is 0 Å². The molecule has 2 aliphatic rings. The average molecular weight is 225 g/mol. The largest absolute Gasteiger partial charge is 0.389 e. The summed E-state index contributed by atoms with van der Waals surface area (Å²) < 4.78 is 0. The molecule has 0 spiro atoms. The van der Waals surface area contributed by atoms with Crippen LogP contribution in [0.5, 0.6) is 0 Å². The van der Waals surface area contributed by atoms with Gasteiger partial charge in [-0.1, -0.05) is 20.3 Å². The smallest absolute Gasteiger partial charge is 0.0771 e. The molecule has 2 fully saturated rings. The predicted octanol–water partition coefficient (Wildman–Crippen LogP) is 2.71. The first-order valence-electron chi connectivity index (χ1n) is 7.07. The van der Waals surface area contributed by atoms with Crippen molar-refractivity contribution in [3.63, 3.8) is 0 Å². The van der Waals surface area contributed by atoms with Gasteiger partial charge in [0, 0.05) is 12.6 Å². The molecule has 2 saturated carbocycles. The molecule has 2 heteroatoms. The van der Waals surface area contributed by atoms with Crippen LogP contribution in [-0.4, -0.2) is 23.3 Å². The zero-order valence-electron chi connectivity index (χ0n) is 10.8. The molecule has 2 N–H and O–H groups in total. The highest BCUT2D eigenvalue weighted by Gasteiger charge is 2.34. The summed E-state index contributed by atoms with van der Waals surface area (Å²) in [6.45, 7) is 5.39. The quantitative estimate of drug-likeness (QED) is 0.771. The molecule has 0 aliphatic heterocycles. The summed E-state index contributed by atoms with van der Waals surface area (Å²) in [7, 11) is 0. The minimum Gasteiger partial charge on any atom is -0.389 e. The molecule has 0 unspecified atom stereocenters. The third-order valence-corrected chi connectivity index (χ3v) is 4.71. The summed E-state index contributed by atoms with van der Waals surface area (Å²) in [5, 5.41) is 14.0. The van der Waals surface area contributed by atoms with Crippen LogP contribution >= 0.6 is 0 Å². The summed E-state index contributed by atoms with van der Waals surface area (Å²) in [6.07, 6.45) is 8.32. The molecule has 0 heterocycles. The molecule has 0 amide bonds. The highest BCUT2D eigenvalue weighted by Crippen LogP contribution is 2.34. The van der Waals surface area contributed by atoms with Gasteiger partial charge >= 0.3 is 0 Å². The maximum Gasteiger partial charge on any atom is 0.0771 e. The normalized spacial score (nSPS) is 44.1. The van der Waals surface area contributed by atoms with E-state index in [1.807, 2.05) is 0 Å². The van der Waals surface area contributed by atoms with Crippen LogP contribution in [0.4, 0.5) is 0 Å². The van der Waals surface area contributed by atoms with E-state index in [9.17, 15) is 5.11 Å². The fourth-order valence-electron chi connectivity index (χ4n) is 3.20. The third kappa shape index (κ3) is 2.98. The van der Waals surface area contributed by atoms with Gasteiger partial charge in [0.05, 0.1) is 5.60 Å². The Morgan fingerprint density at radius 1 is 1.25 bits per heavy atom. The first-order valence-corrected chi connectivity index (χ1v) is 7.07. The second-order valence-electron chi connectivity index (χ2n) is 6.23. The molecule has 2 rings (SSSR count). The molecule has 0 saturated heterocycles. The van der Waals surface area contributed by atoms with E-state index in [1.165, 1.54) is 32.1 Å². The lowest BCUT2D eigenvalue weighted by molar-refractivity contribution is -0.0140. The molecule has 0 aromatic carbocycles. The van der Waals surface area contributed by atoms with E-state index >= 15 is 0 Å². The van der Waals surface area contributed by atoms with Crippen LogP contribution in [0.25, 0.3) is 0 Å². The zero-order chi connectivity index (χ0) is 11.6. The molecule has 2 aliphatic carbocycles. The highest BCUT2D eigenvalue weighted by molar-refractivity contribution is 4.90. The van der Waals surface area contributed by atoms with Crippen molar-refractivity contribution in [1.82, 2.24) is 5.32 Å². The van der Waals surface area contributed by atoms with Gasteiger partial charge in [0.2, 0.25) is 0 Å². The SMILES string of the molecule is CCC1CCC(O)(CNC2CC(C)C2)CC1. The summed E-state index contributed by atoms with van der Waals surface area (Å²) in [4.78, 5) is 0. The number of rotatable bonds is 4. The summed E-state index contributed by atoms with van der Waals surface area (Å²) in [5.41, 5.74) is -0.398. The molecular weight excluding hydrogens is 198 g/mol. The second-order valence-corrected chi connectivity index (χ2v) is 6.23. The van der Waals surface area contributed by atoms with Gasteiger partial charge in [-0.15, -0.1) is 0 Å². The molecule has 0 atom stereocenters. The van der Waals surface area contributed by atoms with Crippen molar-refractivity contribution >= 4 is 0 Å². The van der Waals surface area contributed by atoms with E-state index in [0.717, 1.165) is 31.2 Å². The molecular formula is C14H27NO. The van der Waals surface area contributed by atoms with Crippen LogP contribution in [0.15, 0.2) is 0 Å². The van der Waals surface area contributed by atoms with Crippen LogP contribution in [0, 0.1) is 11.8 Å². The fourth-order valence-corrected chi connectivity index (χ4v) is 3.20. The molecule has 0 radical (unpaired) electrons. The average Bonchev–Trinajstić information content (AvgIpc) is 2.24. The first-order chi connectivity index (χ1) is 7.61. The lowest BCUT2D eigenvalue weighted by atomic mass is 9.77. The number of hydrogen-bond donors (Lipinski definition) is 2. The van der Waals surface area contributed by atoms with Gasteiger partial charge in [-0.05, 0) is 50.4 Å². The van der Waals surface area contributed by atoms with E-state index in [2.05, 4.69) is 19.2 Å². The number of aliphatic hydroxyl groups is 1. The van der Waals surface area contributed by atoms with Crippen LogP contribution in [0.3, 0.4) is 0 Å². The number of nitrogens with one attached hydrogen (secondary N) is 1. The van der Waals surface area contributed by atoms with Crippen molar-refractivity contribution in [3.8, 4) is 0 Å². The van der Waals surface area contributed by atoms with Gasteiger partial charge in [0.25, 0.3) is 0 Å². The topological polar surface area (TPSA) is 32.3 Å². The maximum atomic E-state index is 10.5. The molecule has 94 valence electrons. The summed E-state index contributed by atoms with van der Waals surface area (Å²) >= 11 is 0. The van der Waals surface area contributed by atoms with Crippen molar-refractivity contribution in [1.29, 1.82) is 0 Å². The Morgan fingerprint density at radius 2 is 1.88 bits per heavy atom. The van der Waals surface area contributed by atoms with Gasteiger partial charge in [-0.3, -0.25) is 0 Å². The Labute approximate surface area is 99.8 Å². The van der Waals surface area contributed by atoms with Gasteiger partial charge in [0.15, 0.2) is 0 Å². The van der Waals surface area contributed by atoms with E-state index in [0.29, 0.717) is 6.04 Å². The fraction of sp³-hybridized carbons (Fsp3) is 1.00. The third-order valence-electron chi connectivity index (χ3n) is 4.71. The molecule has 16 heavy (non-hydrogen) atoms. The monoisotopic (exact) mass is 225 g/mol. The standard InChI is InChI=1S/C14H27NO/c1-3-12-4-6-14(16,7-5-12)10-15-13-8-11(2)9-13/h11-13,15-16H,3-10H2,1-2H3. The zero-order valence-corrected chi connectivity index (χ0v) is 10.8. The van der Waals surface area contributed by atoms with Crippen molar-refractivity contribution in [3.05, 3.63) is 0 Å². The minimum atomic E-state index is -0.398. The van der Waals surface area contributed by atoms with Crippen LogP contribution in [0.1, 0.15) is 58.8 Å². The lowest BCUT2D eigenvalue weighted by Crippen LogP contribution is -2.49. The maximum absolute atomic E-state index is 10.5. The Balaban J connectivity index is 1.68. The van der Waals surface area contributed by atoms with E-state index in [1.54, 1.807) is 0 Å². The molecule has 0 bridgehead atoms. The summed E-state index contributed by atoms with van der Waals surface area (Å²) in [5.74, 6) is 1.76. The van der Waals surface area contributed by atoms with Crippen molar-refractivity contribution in [2.45, 2.75) is 70.4 Å². The molecule has 2 nitrogen and oxygen atoms in total.